The molecule has 2 aromatic rings. The molecule has 0 fully saturated rings. The second-order valence-corrected chi connectivity index (χ2v) is 8.29. The number of rotatable bonds is 17. The van der Waals surface area contributed by atoms with Crippen molar-refractivity contribution in [3.8, 4) is 0 Å². The van der Waals surface area contributed by atoms with Crippen LogP contribution in [0.15, 0.2) is 42.5 Å². The lowest BCUT2D eigenvalue weighted by Crippen LogP contribution is -2.29. The molecule has 2 amide bonds. The van der Waals surface area contributed by atoms with E-state index in [-0.39, 0.29) is 16.9 Å². The SMILES string of the molecule is COC(=O)c1cc(NCCCNCCCCNCCCN)c(F)cc1NC(=O)NCc1ccccc1. The smallest absolute Gasteiger partial charge is 0.340 e. The first-order valence-corrected chi connectivity index (χ1v) is 12.4. The van der Waals surface area contributed by atoms with Crippen molar-refractivity contribution in [2.75, 3.05) is 57.0 Å². The molecule has 0 saturated heterocycles. The fourth-order valence-corrected chi connectivity index (χ4v) is 3.45. The topological polar surface area (TPSA) is 130 Å². The van der Waals surface area contributed by atoms with Gasteiger partial charge in [-0.1, -0.05) is 30.3 Å². The van der Waals surface area contributed by atoms with E-state index in [1.165, 1.54) is 13.2 Å². The Morgan fingerprint density at radius 3 is 2.22 bits per heavy atom. The van der Waals surface area contributed by atoms with Gasteiger partial charge in [-0.3, -0.25) is 0 Å². The highest BCUT2D eigenvalue weighted by atomic mass is 19.1. The summed E-state index contributed by atoms with van der Waals surface area (Å²) in [5.41, 5.74) is 6.65. The third-order valence-corrected chi connectivity index (χ3v) is 5.42. The maximum absolute atomic E-state index is 14.7. The van der Waals surface area contributed by atoms with Gasteiger partial charge in [0.1, 0.15) is 5.82 Å². The number of hydrogen-bond donors (Lipinski definition) is 6. The lowest BCUT2D eigenvalue weighted by atomic mass is 10.1. The van der Waals surface area contributed by atoms with Crippen LogP contribution in [-0.4, -0.2) is 58.4 Å². The Labute approximate surface area is 212 Å². The summed E-state index contributed by atoms with van der Waals surface area (Å²) in [6, 6.07) is 11.3. The first kappa shape index (κ1) is 29.0. The van der Waals surface area contributed by atoms with Crippen LogP contribution in [0.5, 0.6) is 0 Å². The molecular formula is C26H39FN6O3. The van der Waals surface area contributed by atoms with Crippen LogP contribution in [0.1, 0.15) is 41.6 Å². The largest absolute Gasteiger partial charge is 0.465 e. The normalized spacial score (nSPS) is 10.6. The summed E-state index contributed by atoms with van der Waals surface area (Å²) in [4.78, 5) is 24.6. The number of unbranched alkanes of at least 4 members (excludes halogenated alkanes) is 1. The van der Waals surface area contributed by atoms with E-state index in [1.54, 1.807) is 0 Å². The average Bonchev–Trinajstić information content (AvgIpc) is 2.89. The summed E-state index contributed by atoms with van der Waals surface area (Å²) in [6.45, 7) is 5.20. The van der Waals surface area contributed by atoms with E-state index in [4.69, 9.17) is 10.5 Å². The molecule has 198 valence electrons. The molecule has 9 nitrogen and oxygen atoms in total. The van der Waals surface area contributed by atoms with E-state index in [0.717, 1.165) is 63.5 Å². The van der Waals surface area contributed by atoms with Gasteiger partial charge < -0.3 is 37.1 Å². The molecular weight excluding hydrogens is 463 g/mol. The van der Waals surface area contributed by atoms with E-state index >= 15 is 0 Å². The van der Waals surface area contributed by atoms with Crippen LogP contribution in [0.2, 0.25) is 0 Å². The van der Waals surface area contributed by atoms with E-state index < -0.39 is 17.8 Å². The maximum atomic E-state index is 14.7. The molecule has 0 radical (unpaired) electrons. The molecule has 10 heteroatoms. The average molecular weight is 503 g/mol. The predicted octanol–water partition coefficient (Wildman–Crippen LogP) is 3.04. The van der Waals surface area contributed by atoms with Gasteiger partial charge in [-0.2, -0.15) is 0 Å². The molecule has 0 saturated carbocycles. The van der Waals surface area contributed by atoms with E-state index in [2.05, 4.69) is 26.6 Å². The van der Waals surface area contributed by atoms with Crippen molar-refractivity contribution < 1.29 is 18.7 Å². The van der Waals surface area contributed by atoms with Gasteiger partial charge in [-0.15, -0.1) is 0 Å². The summed E-state index contributed by atoms with van der Waals surface area (Å²) >= 11 is 0. The number of halogens is 1. The number of carbonyl (C=O) groups is 2. The number of urea groups is 1. The van der Waals surface area contributed by atoms with Crippen LogP contribution in [0.25, 0.3) is 0 Å². The highest BCUT2D eigenvalue weighted by molar-refractivity contribution is 6.01. The van der Waals surface area contributed by atoms with Gasteiger partial charge in [0.2, 0.25) is 0 Å². The van der Waals surface area contributed by atoms with Crippen molar-refractivity contribution in [2.45, 2.75) is 32.2 Å². The standard InChI is InChI=1S/C26H39FN6O3/c1-36-25(34)21-17-24(31-16-8-15-30-13-6-5-12-29-14-7-11-28)22(27)18-23(21)33-26(35)32-19-20-9-3-2-4-10-20/h2-4,9-10,17-18,29-31H,5-8,11-16,19,28H2,1H3,(H2,32,33,35). The zero-order chi connectivity index (χ0) is 26.0. The van der Waals surface area contributed by atoms with Gasteiger partial charge in [-0.05, 0) is 70.0 Å². The molecule has 0 aliphatic carbocycles. The van der Waals surface area contributed by atoms with Crippen molar-refractivity contribution in [2.24, 2.45) is 5.73 Å². The Hall–Kier alpha value is -3.21. The molecule has 0 aliphatic heterocycles. The first-order chi connectivity index (χ1) is 17.5. The number of nitrogens with two attached hydrogens (primary N) is 1. The summed E-state index contributed by atoms with van der Waals surface area (Å²) in [7, 11) is 1.24. The molecule has 0 heterocycles. The molecule has 0 unspecified atom stereocenters. The molecule has 0 spiro atoms. The second kappa shape index (κ2) is 17.3. The minimum absolute atomic E-state index is 0.0367. The molecule has 0 atom stereocenters. The molecule has 0 aromatic heterocycles. The van der Waals surface area contributed by atoms with Crippen molar-refractivity contribution in [3.63, 3.8) is 0 Å². The third kappa shape index (κ3) is 11.0. The lowest BCUT2D eigenvalue weighted by Gasteiger charge is -2.15. The Morgan fingerprint density at radius 2 is 1.56 bits per heavy atom. The lowest BCUT2D eigenvalue weighted by molar-refractivity contribution is 0.0602. The highest BCUT2D eigenvalue weighted by Gasteiger charge is 2.18. The highest BCUT2D eigenvalue weighted by Crippen LogP contribution is 2.25. The van der Waals surface area contributed by atoms with E-state index in [1.807, 2.05) is 30.3 Å². The Kier molecular flexibility index (Phi) is 13.9. The number of carbonyl (C=O) groups excluding carboxylic acids is 2. The number of amides is 2. The zero-order valence-corrected chi connectivity index (χ0v) is 21.0. The van der Waals surface area contributed by atoms with E-state index in [9.17, 15) is 14.0 Å². The fourth-order valence-electron chi connectivity index (χ4n) is 3.45. The quantitative estimate of drug-likeness (QED) is 0.145. The Balaban J connectivity index is 1.78. The summed E-state index contributed by atoms with van der Waals surface area (Å²) < 4.78 is 19.5. The summed E-state index contributed by atoms with van der Waals surface area (Å²) in [5, 5.41) is 15.0. The van der Waals surface area contributed by atoms with Gasteiger partial charge in [-0.25, -0.2) is 14.0 Å². The minimum Gasteiger partial charge on any atom is -0.465 e. The number of hydrogen-bond acceptors (Lipinski definition) is 7. The van der Waals surface area contributed by atoms with Gasteiger partial charge in [0.15, 0.2) is 0 Å². The van der Waals surface area contributed by atoms with Crippen molar-refractivity contribution in [3.05, 3.63) is 59.4 Å². The first-order valence-electron chi connectivity index (χ1n) is 12.4. The maximum Gasteiger partial charge on any atom is 0.340 e. The number of nitrogens with one attached hydrogen (secondary N) is 5. The number of esters is 1. The van der Waals surface area contributed by atoms with Crippen LogP contribution < -0.4 is 32.3 Å². The molecule has 0 bridgehead atoms. The number of benzene rings is 2. The van der Waals surface area contributed by atoms with Crippen molar-refractivity contribution >= 4 is 23.4 Å². The van der Waals surface area contributed by atoms with Crippen LogP contribution in [0.4, 0.5) is 20.6 Å². The fraction of sp³-hybridized carbons (Fsp3) is 0.462. The molecule has 7 N–H and O–H groups in total. The van der Waals surface area contributed by atoms with Gasteiger partial charge in [0, 0.05) is 19.2 Å². The summed E-state index contributed by atoms with van der Waals surface area (Å²) in [6.07, 6.45) is 3.95. The minimum atomic E-state index is -0.671. The Bertz CT molecular complexity index is 929. The number of ether oxygens (including phenoxy) is 1. The number of methoxy groups -OCH3 is 1. The van der Waals surface area contributed by atoms with Gasteiger partial charge >= 0.3 is 12.0 Å². The monoisotopic (exact) mass is 502 g/mol. The van der Waals surface area contributed by atoms with Crippen LogP contribution in [0, 0.1) is 5.82 Å². The number of anilines is 2. The molecule has 0 aliphatic rings. The third-order valence-electron chi connectivity index (χ3n) is 5.42. The molecule has 2 rings (SSSR count). The Morgan fingerprint density at radius 1 is 0.889 bits per heavy atom. The second-order valence-electron chi connectivity index (χ2n) is 8.29. The van der Waals surface area contributed by atoms with Crippen LogP contribution in [0.3, 0.4) is 0 Å². The van der Waals surface area contributed by atoms with E-state index in [0.29, 0.717) is 19.6 Å². The predicted molar refractivity (Wildman–Crippen MR) is 142 cm³/mol. The molecule has 2 aromatic carbocycles. The zero-order valence-electron chi connectivity index (χ0n) is 21.0. The van der Waals surface area contributed by atoms with Crippen molar-refractivity contribution in [1.82, 2.24) is 16.0 Å². The summed E-state index contributed by atoms with van der Waals surface area (Å²) in [5.74, 6) is -1.24. The van der Waals surface area contributed by atoms with Gasteiger partial charge in [0.05, 0.1) is 24.0 Å². The van der Waals surface area contributed by atoms with Crippen LogP contribution in [-0.2, 0) is 11.3 Å². The van der Waals surface area contributed by atoms with Crippen LogP contribution >= 0.6 is 0 Å². The van der Waals surface area contributed by atoms with Gasteiger partial charge in [0.25, 0.3) is 0 Å². The van der Waals surface area contributed by atoms with Crippen molar-refractivity contribution in [1.29, 1.82) is 0 Å². The molecule has 36 heavy (non-hydrogen) atoms.